The summed E-state index contributed by atoms with van der Waals surface area (Å²) in [6, 6.07) is 3.96. The van der Waals surface area contributed by atoms with E-state index in [-0.39, 0.29) is 17.7 Å². The molecule has 1 amide bonds. The van der Waals surface area contributed by atoms with Crippen molar-refractivity contribution < 1.29 is 9.90 Å². The molecule has 1 aromatic carbocycles. The van der Waals surface area contributed by atoms with E-state index in [1.165, 1.54) is 0 Å². The number of tetrazole rings is 1. The maximum atomic E-state index is 12.9. The zero-order valence-electron chi connectivity index (χ0n) is 16.1. The van der Waals surface area contributed by atoms with Gasteiger partial charge in [-0.15, -0.1) is 16.9 Å². The maximum Gasteiger partial charge on any atom is 0.260 e. The molecule has 27 heavy (non-hydrogen) atoms. The van der Waals surface area contributed by atoms with Crippen LogP contribution in [0.1, 0.15) is 62.0 Å². The van der Waals surface area contributed by atoms with E-state index in [4.69, 9.17) is 0 Å². The first-order chi connectivity index (χ1) is 12.9. The Morgan fingerprint density at radius 1 is 1.26 bits per heavy atom. The Morgan fingerprint density at radius 3 is 2.48 bits per heavy atom. The summed E-state index contributed by atoms with van der Waals surface area (Å²) in [5.41, 5.74) is 2.76. The van der Waals surface area contributed by atoms with Crippen LogP contribution in [0.2, 0.25) is 0 Å². The molecule has 1 fully saturated rings. The molecule has 1 aliphatic rings. The zero-order chi connectivity index (χ0) is 19.6. The average Bonchev–Trinajstić information content (AvgIpc) is 3.12. The third-order valence-electron chi connectivity index (χ3n) is 4.58. The van der Waals surface area contributed by atoms with Crippen LogP contribution in [0.15, 0.2) is 17.0 Å². The lowest BCUT2D eigenvalue weighted by molar-refractivity contribution is -0.127. The molecule has 2 heterocycles. The number of hydrogen-bond acceptors (Lipinski definition) is 6. The summed E-state index contributed by atoms with van der Waals surface area (Å²) >= 11 is 1.56. The summed E-state index contributed by atoms with van der Waals surface area (Å²) in [7, 11) is 0. The number of benzene rings is 1. The number of aromatic nitrogens is 4. The van der Waals surface area contributed by atoms with Gasteiger partial charge in [0, 0.05) is 12.3 Å². The van der Waals surface area contributed by atoms with Gasteiger partial charge >= 0.3 is 0 Å². The Kier molecular flexibility index (Phi) is 5.84. The van der Waals surface area contributed by atoms with Gasteiger partial charge in [0.2, 0.25) is 0 Å². The van der Waals surface area contributed by atoms with Crippen LogP contribution < -0.4 is 0 Å². The largest absolute Gasteiger partial charge is 0.507 e. The van der Waals surface area contributed by atoms with E-state index in [1.54, 1.807) is 16.7 Å². The highest BCUT2D eigenvalue weighted by Crippen LogP contribution is 2.36. The van der Waals surface area contributed by atoms with Crippen LogP contribution in [0.3, 0.4) is 0 Å². The van der Waals surface area contributed by atoms with Crippen molar-refractivity contribution >= 4 is 23.7 Å². The second-order valence-corrected chi connectivity index (χ2v) is 8.43. The van der Waals surface area contributed by atoms with Crippen LogP contribution >= 0.6 is 11.8 Å². The molecule has 0 radical (unpaired) electrons. The van der Waals surface area contributed by atoms with Gasteiger partial charge in [-0.05, 0) is 57.2 Å². The fourth-order valence-corrected chi connectivity index (χ4v) is 4.09. The molecule has 0 spiro atoms. The van der Waals surface area contributed by atoms with E-state index in [9.17, 15) is 9.90 Å². The highest BCUT2D eigenvalue weighted by atomic mass is 32.2. The monoisotopic (exact) mass is 387 g/mol. The molecule has 7 nitrogen and oxygen atoms in total. The minimum absolute atomic E-state index is 0.0204. The van der Waals surface area contributed by atoms with Gasteiger partial charge in [-0.3, -0.25) is 4.79 Å². The van der Waals surface area contributed by atoms with Crippen molar-refractivity contribution in [2.45, 2.75) is 46.1 Å². The van der Waals surface area contributed by atoms with Crippen molar-refractivity contribution in [2.75, 3.05) is 12.3 Å². The number of nitrogens with zero attached hydrogens (tertiary/aromatic N) is 4. The van der Waals surface area contributed by atoms with Crippen LogP contribution in [-0.2, 0) is 11.3 Å². The lowest BCUT2D eigenvalue weighted by atomic mass is 9.91. The molecular weight excluding hydrogens is 362 g/mol. The molecule has 2 N–H and O–H groups in total. The maximum absolute atomic E-state index is 12.9. The lowest BCUT2D eigenvalue weighted by Gasteiger charge is -2.27. The Balaban J connectivity index is 1.91. The molecule has 1 saturated heterocycles. The van der Waals surface area contributed by atoms with Crippen molar-refractivity contribution in [2.24, 2.45) is 0 Å². The highest BCUT2D eigenvalue weighted by molar-refractivity contribution is 8.04. The number of nitrogens with one attached hydrogen (secondary N) is 1. The minimum Gasteiger partial charge on any atom is -0.507 e. The van der Waals surface area contributed by atoms with Gasteiger partial charge in [-0.2, -0.15) is 0 Å². The first kappa shape index (κ1) is 19.4. The van der Waals surface area contributed by atoms with Crippen LogP contribution in [0.5, 0.6) is 5.75 Å². The molecule has 1 aromatic heterocycles. The van der Waals surface area contributed by atoms with Gasteiger partial charge in [0.05, 0.1) is 11.4 Å². The number of H-pyrrole nitrogens is 1. The Morgan fingerprint density at radius 2 is 1.93 bits per heavy atom. The van der Waals surface area contributed by atoms with E-state index >= 15 is 0 Å². The number of carbonyl (C=O) groups is 1. The Bertz CT molecular complexity index is 817. The van der Waals surface area contributed by atoms with Crippen molar-refractivity contribution in [3.63, 3.8) is 0 Å². The van der Waals surface area contributed by atoms with Crippen molar-refractivity contribution in [3.8, 4) is 5.75 Å². The lowest BCUT2D eigenvalue weighted by Crippen LogP contribution is -2.36. The van der Waals surface area contributed by atoms with Crippen molar-refractivity contribution in [1.82, 2.24) is 25.5 Å². The molecule has 2 aromatic rings. The number of amides is 1. The molecule has 8 heteroatoms. The zero-order valence-corrected chi connectivity index (χ0v) is 16.9. The molecule has 0 bridgehead atoms. The molecule has 0 aliphatic carbocycles. The van der Waals surface area contributed by atoms with Gasteiger partial charge in [0.25, 0.3) is 5.91 Å². The van der Waals surface area contributed by atoms with Crippen LogP contribution in [0.25, 0.3) is 6.08 Å². The smallest absolute Gasteiger partial charge is 0.260 e. The van der Waals surface area contributed by atoms with Gasteiger partial charge < -0.3 is 10.0 Å². The molecular formula is C19H25N5O2S. The van der Waals surface area contributed by atoms with Crippen LogP contribution in [0.4, 0.5) is 0 Å². The molecule has 0 unspecified atom stereocenters. The Hall–Kier alpha value is -2.35. The van der Waals surface area contributed by atoms with E-state index in [0.29, 0.717) is 29.6 Å². The topological polar surface area (TPSA) is 95.0 Å². The third kappa shape index (κ3) is 4.32. The summed E-state index contributed by atoms with van der Waals surface area (Å²) < 4.78 is 0. The van der Waals surface area contributed by atoms with E-state index in [0.717, 1.165) is 22.4 Å². The number of carbonyl (C=O) groups excluding carboxylic acids is 1. The number of rotatable bonds is 5. The van der Waals surface area contributed by atoms with E-state index in [2.05, 4.69) is 48.3 Å². The van der Waals surface area contributed by atoms with E-state index < -0.39 is 0 Å². The normalized spacial score (nSPS) is 16.7. The molecule has 0 atom stereocenters. The standard InChI is InChI=1S/C19H25N5O2S/c1-11(2)14-7-13(8-15(12(3)4)18(14)25)9-16-19(26)24(5-6-27-16)10-17-20-22-23-21-17/h7-9,11-12,25H,5-6,10H2,1-4H3,(H,20,21,22,23)/b16-9+. The highest BCUT2D eigenvalue weighted by Gasteiger charge is 2.25. The summed E-state index contributed by atoms with van der Waals surface area (Å²) in [4.78, 5) is 15.3. The van der Waals surface area contributed by atoms with Crippen molar-refractivity contribution in [3.05, 3.63) is 39.6 Å². The molecule has 1 aliphatic heterocycles. The van der Waals surface area contributed by atoms with Crippen LogP contribution in [-0.4, -0.2) is 48.8 Å². The SMILES string of the molecule is CC(C)c1cc(/C=C2/SCCN(Cc3nnn[nH]3)C2=O)cc(C(C)C)c1O. The third-order valence-corrected chi connectivity index (χ3v) is 5.57. The number of phenols is 1. The first-order valence-corrected chi connectivity index (χ1v) is 10.1. The van der Waals surface area contributed by atoms with Gasteiger partial charge in [-0.25, -0.2) is 5.10 Å². The second kappa shape index (κ2) is 8.12. The number of aromatic amines is 1. The number of aromatic hydroxyl groups is 1. The number of thioether (sulfide) groups is 1. The summed E-state index contributed by atoms with van der Waals surface area (Å²) in [5.74, 6) is 2.14. The summed E-state index contributed by atoms with van der Waals surface area (Å²) in [6.07, 6.45) is 1.93. The first-order valence-electron chi connectivity index (χ1n) is 9.10. The average molecular weight is 388 g/mol. The van der Waals surface area contributed by atoms with Crippen LogP contribution in [0, 0.1) is 0 Å². The molecule has 0 saturated carbocycles. The van der Waals surface area contributed by atoms with Gasteiger partial charge in [0.1, 0.15) is 5.75 Å². The van der Waals surface area contributed by atoms with Gasteiger partial charge in [0.15, 0.2) is 5.82 Å². The molecule has 144 valence electrons. The predicted octanol–water partition coefficient (Wildman–Crippen LogP) is 3.27. The fourth-order valence-electron chi connectivity index (χ4n) is 3.08. The van der Waals surface area contributed by atoms with Gasteiger partial charge in [-0.1, -0.05) is 27.7 Å². The van der Waals surface area contributed by atoms with E-state index in [1.807, 2.05) is 18.2 Å². The minimum atomic E-state index is -0.0204. The number of phenolic OH excluding ortho intramolecular Hbond substituents is 1. The Labute approximate surface area is 163 Å². The second-order valence-electron chi connectivity index (χ2n) is 7.29. The van der Waals surface area contributed by atoms with Crippen molar-refractivity contribution in [1.29, 1.82) is 0 Å². The summed E-state index contributed by atoms with van der Waals surface area (Å²) in [6.45, 7) is 9.26. The summed E-state index contributed by atoms with van der Waals surface area (Å²) in [5, 5.41) is 24.2. The fraction of sp³-hybridized carbons (Fsp3) is 0.474. The predicted molar refractivity (Wildman–Crippen MR) is 106 cm³/mol. The quantitative estimate of drug-likeness (QED) is 0.765. The number of hydrogen-bond donors (Lipinski definition) is 2. The molecule has 3 rings (SSSR count).